The molecule has 2 aromatic carbocycles. The molecule has 0 atom stereocenters. The monoisotopic (exact) mass is 485 g/mol. The number of nitrogens with zero attached hydrogens (tertiary/aromatic N) is 2. The second-order valence-corrected chi connectivity index (χ2v) is 8.85. The van der Waals surface area contributed by atoms with Gasteiger partial charge in [0, 0.05) is 36.6 Å². The highest BCUT2D eigenvalue weighted by atomic mass is 32.1. The number of piperidine rings is 1. The summed E-state index contributed by atoms with van der Waals surface area (Å²) in [6.45, 7) is 2.66. The lowest BCUT2D eigenvalue weighted by Crippen LogP contribution is -2.44. The van der Waals surface area contributed by atoms with Gasteiger partial charge in [-0.1, -0.05) is 6.07 Å². The highest BCUT2D eigenvalue weighted by Gasteiger charge is 2.22. The summed E-state index contributed by atoms with van der Waals surface area (Å²) in [6, 6.07) is 10.3. The molecule has 0 spiro atoms. The van der Waals surface area contributed by atoms with E-state index in [2.05, 4.69) is 15.2 Å². The SMILES string of the molecule is COc1ccc(CN2CCC(NC(=O)c3ccc(OCc4cscn4)c(OC)c3)CC2)cc1F. The van der Waals surface area contributed by atoms with Gasteiger partial charge in [0.2, 0.25) is 0 Å². The molecule has 3 aromatic rings. The third-order valence-electron chi connectivity index (χ3n) is 5.83. The summed E-state index contributed by atoms with van der Waals surface area (Å²) in [4.78, 5) is 19.3. The number of amides is 1. The fourth-order valence-electron chi connectivity index (χ4n) is 3.96. The number of carbonyl (C=O) groups excluding carboxylic acids is 1. The van der Waals surface area contributed by atoms with Crippen molar-refractivity contribution in [3.05, 3.63) is 69.9 Å². The summed E-state index contributed by atoms with van der Waals surface area (Å²) in [5.74, 6) is 0.831. The van der Waals surface area contributed by atoms with Gasteiger partial charge in [-0.2, -0.15) is 0 Å². The number of benzene rings is 2. The van der Waals surface area contributed by atoms with Crippen molar-refractivity contribution in [3.8, 4) is 17.2 Å². The first-order valence-electron chi connectivity index (χ1n) is 11.1. The Morgan fingerprint density at radius 2 is 1.88 bits per heavy atom. The Labute approximate surface area is 202 Å². The molecule has 1 aliphatic rings. The summed E-state index contributed by atoms with van der Waals surface area (Å²) in [6.07, 6.45) is 1.66. The number of aromatic nitrogens is 1. The van der Waals surface area contributed by atoms with Crippen LogP contribution in [0.1, 0.15) is 34.5 Å². The van der Waals surface area contributed by atoms with Gasteiger partial charge >= 0.3 is 0 Å². The summed E-state index contributed by atoms with van der Waals surface area (Å²) >= 11 is 1.51. The number of thiazole rings is 1. The van der Waals surface area contributed by atoms with Crippen molar-refractivity contribution in [3.63, 3.8) is 0 Å². The van der Waals surface area contributed by atoms with Crippen LogP contribution < -0.4 is 19.5 Å². The molecule has 0 bridgehead atoms. The summed E-state index contributed by atoms with van der Waals surface area (Å²) < 4.78 is 30.1. The van der Waals surface area contributed by atoms with Crippen molar-refractivity contribution in [2.45, 2.75) is 32.0 Å². The largest absolute Gasteiger partial charge is 0.494 e. The average Bonchev–Trinajstić information content (AvgIpc) is 3.38. The van der Waals surface area contributed by atoms with Crippen LogP contribution in [0, 0.1) is 5.82 Å². The van der Waals surface area contributed by atoms with E-state index < -0.39 is 0 Å². The fraction of sp³-hybridized carbons (Fsp3) is 0.360. The van der Waals surface area contributed by atoms with Crippen LogP contribution in [0.2, 0.25) is 0 Å². The zero-order valence-corrected chi connectivity index (χ0v) is 20.1. The quantitative estimate of drug-likeness (QED) is 0.488. The summed E-state index contributed by atoms with van der Waals surface area (Å²) in [5, 5.41) is 5.05. The van der Waals surface area contributed by atoms with Gasteiger partial charge in [-0.25, -0.2) is 9.37 Å². The molecule has 1 fully saturated rings. The van der Waals surface area contributed by atoms with Crippen LogP contribution >= 0.6 is 11.3 Å². The van der Waals surface area contributed by atoms with Crippen molar-refractivity contribution in [1.82, 2.24) is 15.2 Å². The molecular formula is C25H28FN3O4S. The van der Waals surface area contributed by atoms with E-state index in [1.165, 1.54) is 24.5 Å². The Morgan fingerprint density at radius 1 is 1.12 bits per heavy atom. The predicted molar refractivity (Wildman–Crippen MR) is 128 cm³/mol. The topological polar surface area (TPSA) is 72.9 Å². The average molecular weight is 486 g/mol. The molecule has 1 N–H and O–H groups in total. The highest BCUT2D eigenvalue weighted by Crippen LogP contribution is 2.29. The van der Waals surface area contributed by atoms with Gasteiger partial charge in [0.05, 0.1) is 25.4 Å². The Kier molecular flexibility index (Phi) is 7.97. The minimum Gasteiger partial charge on any atom is -0.494 e. The third-order valence-corrected chi connectivity index (χ3v) is 6.47. The molecule has 4 rings (SSSR count). The van der Waals surface area contributed by atoms with Crippen LogP contribution in [0.15, 0.2) is 47.3 Å². The van der Waals surface area contributed by atoms with Crippen molar-refractivity contribution in [1.29, 1.82) is 0 Å². The van der Waals surface area contributed by atoms with E-state index in [0.29, 0.717) is 30.2 Å². The van der Waals surface area contributed by atoms with E-state index in [4.69, 9.17) is 14.2 Å². The molecule has 2 heterocycles. The lowest BCUT2D eigenvalue weighted by molar-refractivity contribution is 0.0908. The molecule has 0 radical (unpaired) electrons. The molecule has 1 aliphatic heterocycles. The van der Waals surface area contributed by atoms with Crippen LogP contribution in [0.3, 0.4) is 0 Å². The zero-order chi connectivity index (χ0) is 23.9. The van der Waals surface area contributed by atoms with E-state index in [1.54, 1.807) is 36.9 Å². The van der Waals surface area contributed by atoms with Gasteiger partial charge in [0.15, 0.2) is 23.1 Å². The van der Waals surface area contributed by atoms with Gasteiger partial charge in [0.1, 0.15) is 6.61 Å². The second kappa shape index (κ2) is 11.3. The fourth-order valence-corrected chi connectivity index (χ4v) is 4.50. The summed E-state index contributed by atoms with van der Waals surface area (Å²) in [7, 11) is 3.01. The lowest BCUT2D eigenvalue weighted by atomic mass is 10.0. The molecule has 1 saturated heterocycles. The van der Waals surface area contributed by atoms with Gasteiger partial charge in [-0.3, -0.25) is 9.69 Å². The third kappa shape index (κ3) is 6.03. The number of hydrogen-bond acceptors (Lipinski definition) is 7. The molecule has 1 aromatic heterocycles. The van der Waals surface area contributed by atoms with Crippen molar-refractivity contribution in [2.75, 3.05) is 27.3 Å². The van der Waals surface area contributed by atoms with Gasteiger partial charge in [0.25, 0.3) is 5.91 Å². The van der Waals surface area contributed by atoms with Crippen LogP contribution in [0.25, 0.3) is 0 Å². The smallest absolute Gasteiger partial charge is 0.251 e. The molecule has 9 heteroatoms. The Balaban J connectivity index is 1.28. The van der Waals surface area contributed by atoms with Gasteiger partial charge in [-0.15, -0.1) is 11.3 Å². The number of rotatable bonds is 9. The van der Waals surface area contributed by atoms with Crippen molar-refractivity contribution < 1.29 is 23.4 Å². The number of halogens is 1. The molecule has 0 aliphatic carbocycles. The zero-order valence-electron chi connectivity index (χ0n) is 19.3. The normalized spacial score (nSPS) is 14.6. The summed E-state index contributed by atoms with van der Waals surface area (Å²) in [5.41, 5.74) is 4.03. The van der Waals surface area contributed by atoms with E-state index in [9.17, 15) is 9.18 Å². The van der Waals surface area contributed by atoms with E-state index in [-0.39, 0.29) is 23.5 Å². The number of nitrogens with one attached hydrogen (secondary N) is 1. The number of likely N-dealkylation sites (tertiary alicyclic amines) is 1. The molecule has 7 nitrogen and oxygen atoms in total. The van der Waals surface area contributed by atoms with Gasteiger partial charge in [-0.05, 0) is 48.7 Å². The molecule has 0 saturated carbocycles. The molecule has 1 amide bonds. The van der Waals surface area contributed by atoms with Crippen LogP contribution in [0.5, 0.6) is 17.2 Å². The number of carbonyl (C=O) groups is 1. The van der Waals surface area contributed by atoms with Gasteiger partial charge < -0.3 is 19.5 Å². The van der Waals surface area contributed by atoms with Crippen molar-refractivity contribution >= 4 is 17.2 Å². The van der Waals surface area contributed by atoms with E-state index in [0.717, 1.165) is 37.2 Å². The van der Waals surface area contributed by atoms with Crippen LogP contribution in [-0.2, 0) is 13.2 Å². The number of hydrogen-bond donors (Lipinski definition) is 1. The first-order chi connectivity index (χ1) is 16.6. The number of ether oxygens (including phenoxy) is 3. The maximum atomic E-state index is 13.9. The Bertz CT molecular complexity index is 1100. The molecule has 0 unspecified atom stereocenters. The minimum absolute atomic E-state index is 0.0861. The van der Waals surface area contributed by atoms with Crippen LogP contribution in [0.4, 0.5) is 4.39 Å². The maximum Gasteiger partial charge on any atom is 0.251 e. The Morgan fingerprint density at radius 3 is 2.56 bits per heavy atom. The molecular weight excluding hydrogens is 457 g/mol. The molecule has 34 heavy (non-hydrogen) atoms. The van der Waals surface area contributed by atoms with Crippen LogP contribution in [-0.4, -0.2) is 49.1 Å². The first-order valence-corrected chi connectivity index (χ1v) is 12.0. The minimum atomic E-state index is -0.350. The highest BCUT2D eigenvalue weighted by molar-refractivity contribution is 7.07. The number of methoxy groups -OCH3 is 2. The molecule has 180 valence electrons. The van der Waals surface area contributed by atoms with E-state index >= 15 is 0 Å². The maximum absolute atomic E-state index is 13.9. The predicted octanol–water partition coefficient (Wildman–Crippen LogP) is 4.27. The second-order valence-electron chi connectivity index (χ2n) is 8.13. The van der Waals surface area contributed by atoms with E-state index in [1.807, 2.05) is 11.4 Å². The first kappa shape index (κ1) is 24.0. The standard InChI is InChI=1S/C25H28FN3O4S/c1-31-22-5-3-17(11-21(22)26)13-29-9-7-19(8-10-29)28-25(30)18-4-6-23(24(12-18)32-2)33-14-20-15-34-16-27-20/h3-6,11-12,15-16,19H,7-10,13-14H2,1-2H3,(H,28,30). The lowest BCUT2D eigenvalue weighted by Gasteiger charge is -2.32. The van der Waals surface area contributed by atoms with Crippen molar-refractivity contribution in [2.24, 2.45) is 0 Å². The Hall–Kier alpha value is -3.17.